The number of nitrogens with one attached hydrogen (secondary N) is 1. The molecule has 2 rings (SSSR count). The Kier molecular flexibility index (Phi) is 5.30. The number of imidazole rings is 1. The van der Waals surface area contributed by atoms with Crippen molar-refractivity contribution in [3.63, 3.8) is 0 Å². The van der Waals surface area contributed by atoms with Crippen LogP contribution in [-0.4, -0.2) is 38.6 Å². The highest BCUT2D eigenvalue weighted by atomic mass is 16.6. The average Bonchev–Trinajstić information content (AvgIpc) is 3.06. The molecule has 24 heavy (non-hydrogen) atoms. The van der Waals surface area contributed by atoms with Crippen LogP contribution < -0.4 is 5.32 Å². The number of amides is 1. The Morgan fingerprint density at radius 1 is 1.46 bits per heavy atom. The summed E-state index contributed by atoms with van der Waals surface area (Å²) in [5.41, 5.74) is 0.128. The number of rotatable bonds is 7. The highest BCUT2D eigenvalue weighted by Crippen LogP contribution is 2.24. The summed E-state index contributed by atoms with van der Waals surface area (Å²) in [6.07, 6.45) is 5.12. The van der Waals surface area contributed by atoms with E-state index >= 15 is 0 Å². The normalized spacial score (nSPS) is 11.3. The van der Waals surface area contributed by atoms with Gasteiger partial charge in [-0.1, -0.05) is 13.8 Å². The Hall–Kier alpha value is -2.74. The summed E-state index contributed by atoms with van der Waals surface area (Å²) < 4.78 is 1.52. The van der Waals surface area contributed by atoms with Gasteiger partial charge in [-0.05, 0) is 24.0 Å². The quantitative estimate of drug-likeness (QED) is 0.594. The van der Waals surface area contributed by atoms with Crippen molar-refractivity contribution < 1.29 is 14.8 Å². The molecule has 0 aliphatic rings. The second-order valence-electron chi connectivity index (χ2n) is 6.25. The van der Waals surface area contributed by atoms with Gasteiger partial charge >= 0.3 is 0 Å². The number of aliphatic hydroxyl groups excluding tert-OH is 1. The molecule has 0 unspecified atom stereocenters. The lowest BCUT2D eigenvalue weighted by Crippen LogP contribution is -2.34. The number of benzene rings is 1. The van der Waals surface area contributed by atoms with E-state index < -0.39 is 4.92 Å². The lowest BCUT2D eigenvalue weighted by atomic mass is 9.89. The lowest BCUT2D eigenvalue weighted by Gasteiger charge is -2.23. The molecule has 0 saturated heterocycles. The number of hydrogen-bond donors (Lipinski definition) is 2. The zero-order valence-electron chi connectivity index (χ0n) is 13.6. The van der Waals surface area contributed by atoms with E-state index in [0.29, 0.717) is 18.7 Å². The molecule has 1 aromatic heterocycles. The van der Waals surface area contributed by atoms with Gasteiger partial charge in [0.1, 0.15) is 5.69 Å². The molecule has 0 bridgehead atoms. The molecule has 1 heterocycles. The topological polar surface area (TPSA) is 110 Å². The first-order valence-electron chi connectivity index (χ1n) is 7.50. The minimum absolute atomic E-state index is 0.0357. The van der Waals surface area contributed by atoms with E-state index in [9.17, 15) is 14.9 Å². The van der Waals surface area contributed by atoms with E-state index in [-0.39, 0.29) is 29.2 Å². The van der Waals surface area contributed by atoms with Crippen LogP contribution in [0.3, 0.4) is 0 Å². The van der Waals surface area contributed by atoms with E-state index in [1.54, 1.807) is 6.20 Å². The van der Waals surface area contributed by atoms with Crippen LogP contribution >= 0.6 is 0 Å². The molecule has 2 aromatic rings. The van der Waals surface area contributed by atoms with Crippen molar-refractivity contribution in [2.45, 2.75) is 20.3 Å². The van der Waals surface area contributed by atoms with E-state index in [0.717, 1.165) is 0 Å². The van der Waals surface area contributed by atoms with Gasteiger partial charge in [0.05, 0.1) is 11.3 Å². The van der Waals surface area contributed by atoms with Gasteiger partial charge in [-0.2, -0.15) is 0 Å². The van der Waals surface area contributed by atoms with Gasteiger partial charge in [-0.25, -0.2) is 4.98 Å². The smallest absolute Gasteiger partial charge is 0.294 e. The standard InChI is InChI=1S/C16H20N4O4/c1-16(2,5-8-21)10-18-15(22)12-3-4-13(14(9-12)20(23)24)19-7-6-17-11-19/h3-4,6-7,9,11,21H,5,8,10H2,1-2H3,(H,18,22). The first kappa shape index (κ1) is 17.6. The van der Waals surface area contributed by atoms with Gasteiger partial charge in [-0.15, -0.1) is 0 Å². The molecule has 0 aliphatic carbocycles. The van der Waals surface area contributed by atoms with Gasteiger partial charge in [-0.3, -0.25) is 14.9 Å². The van der Waals surface area contributed by atoms with E-state index in [4.69, 9.17) is 5.11 Å². The zero-order chi connectivity index (χ0) is 17.7. The number of nitro groups is 1. The van der Waals surface area contributed by atoms with Crippen molar-refractivity contribution in [2.24, 2.45) is 5.41 Å². The maximum Gasteiger partial charge on any atom is 0.294 e. The highest BCUT2D eigenvalue weighted by molar-refractivity contribution is 5.95. The highest BCUT2D eigenvalue weighted by Gasteiger charge is 2.21. The van der Waals surface area contributed by atoms with Crippen LogP contribution in [0.2, 0.25) is 0 Å². The van der Waals surface area contributed by atoms with Crippen molar-refractivity contribution in [1.82, 2.24) is 14.9 Å². The molecular weight excluding hydrogens is 312 g/mol. The molecule has 0 atom stereocenters. The molecule has 1 aromatic carbocycles. The minimum Gasteiger partial charge on any atom is -0.396 e. The monoisotopic (exact) mass is 332 g/mol. The molecular formula is C16H20N4O4. The molecule has 1 amide bonds. The summed E-state index contributed by atoms with van der Waals surface area (Å²) in [4.78, 5) is 26.9. The number of nitro benzene ring substituents is 1. The molecule has 0 aliphatic heterocycles. The van der Waals surface area contributed by atoms with E-state index in [1.165, 1.54) is 35.3 Å². The number of aliphatic hydroxyl groups is 1. The van der Waals surface area contributed by atoms with Gasteiger partial charge in [0.2, 0.25) is 0 Å². The van der Waals surface area contributed by atoms with Crippen LogP contribution in [0, 0.1) is 15.5 Å². The maximum atomic E-state index is 12.3. The van der Waals surface area contributed by atoms with Crippen LogP contribution in [0.25, 0.3) is 5.69 Å². The maximum absolute atomic E-state index is 12.3. The molecule has 0 fully saturated rings. The second kappa shape index (κ2) is 7.22. The predicted molar refractivity (Wildman–Crippen MR) is 88.0 cm³/mol. The third-order valence-corrected chi connectivity index (χ3v) is 3.73. The Bertz CT molecular complexity index is 726. The molecule has 128 valence electrons. The average molecular weight is 332 g/mol. The minimum atomic E-state index is -0.526. The summed E-state index contributed by atoms with van der Waals surface area (Å²) in [5.74, 6) is -0.388. The van der Waals surface area contributed by atoms with Crippen molar-refractivity contribution in [3.8, 4) is 5.69 Å². The molecule has 8 heteroatoms. The fraction of sp³-hybridized carbons (Fsp3) is 0.375. The lowest BCUT2D eigenvalue weighted by molar-refractivity contribution is -0.384. The van der Waals surface area contributed by atoms with Crippen LogP contribution in [0.5, 0.6) is 0 Å². The van der Waals surface area contributed by atoms with Crippen LogP contribution in [0.4, 0.5) is 5.69 Å². The predicted octanol–water partition coefficient (Wildman–Crippen LogP) is 1.92. The molecule has 0 radical (unpaired) electrons. The Morgan fingerprint density at radius 2 is 2.21 bits per heavy atom. The number of carbonyl (C=O) groups is 1. The van der Waals surface area contributed by atoms with E-state index in [2.05, 4.69) is 10.3 Å². The Morgan fingerprint density at radius 3 is 2.79 bits per heavy atom. The number of carbonyl (C=O) groups excluding carboxylic acids is 1. The number of nitrogens with zero attached hydrogens (tertiary/aromatic N) is 3. The van der Waals surface area contributed by atoms with Crippen molar-refractivity contribution in [2.75, 3.05) is 13.2 Å². The summed E-state index contributed by atoms with van der Waals surface area (Å²) in [7, 11) is 0. The Balaban J connectivity index is 2.21. The third kappa shape index (κ3) is 4.17. The summed E-state index contributed by atoms with van der Waals surface area (Å²) in [6, 6.07) is 4.31. The fourth-order valence-electron chi connectivity index (χ4n) is 2.24. The summed E-state index contributed by atoms with van der Waals surface area (Å²) >= 11 is 0. The SMILES string of the molecule is CC(C)(CCO)CNC(=O)c1ccc(-n2ccnc2)c([N+](=O)[O-])c1. The van der Waals surface area contributed by atoms with Gasteiger partial charge < -0.3 is 15.0 Å². The first-order chi connectivity index (χ1) is 11.3. The summed E-state index contributed by atoms with van der Waals surface area (Å²) in [6.45, 7) is 4.25. The zero-order valence-corrected chi connectivity index (χ0v) is 13.6. The van der Waals surface area contributed by atoms with Crippen LogP contribution in [-0.2, 0) is 0 Å². The molecule has 2 N–H and O–H groups in total. The van der Waals surface area contributed by atoms with Crippen molar-refractivity contribution in [3.05, 3.63) is 52.6 Å². The van der Waals surface area contributed by atoms with Crippen LogP contribution in [0.1, 0.15) is 30.6 Å². The van der Waals surface area contributed by atoms with Gasteiger partial charge in [0, 0.05) is 37.2 Å². The third-order valence-electron chi connectivity index (χ3n) is 3.73. The van der Waals surface area contributed by atoms with Crippen molar-refractivity contribution >= 4 is 11.6 Å². The number of aromatic nitrogens is 2. The second-order valence-corrected chi connectivity index (χ2v) is 6.25. The van der Waals surface area contributed by atoms with Gasteiger partial charge in [0.25, 0.3) is 11.6 Å². The summed E-state index contributed by atoms with van der Waals surface area (Å²) in [5, 5.41) is 23.1. The Labute approximate surface area is 139 Å². The van der Waals surface area contributed by atoms with E-state index in [1.807, 2.05) is 13.8 Å². The fourth-order valence-corrected chi connectivity index (χ4v) is 2.24. The molecule has 0 spiro atoms. The van der Waals surface area contributed by atoms with Crippen LogP contribution in [0.15, 0.2) is 36.9 Å². The van der Waals surface area contributed by atoms with Gasteiger partial charge in [0.15, 0.2) is 0 Å². The number of hydrogen-bond acceptors (Lipinski definition) is 5. The molecule has 8 nitrogen and oxygen atoms in total. The first-order valence-corrected chi connectivity index (χ1v) is 7.50. The largest absolute Gasteiger partial charge is 0.396 e. The molecule has 0 saturated carbocycles. The van der Waals surface area contributed by atoms with Crippen molar-refractivity contribution in [1.29, 1.82) is 0 Å².